The number of ether oxygens (including phenoxy) is 3. The first-order valence-corrected chi connectivity index (χ1v) is 7.41. The van der Waals surface area contributed by atoms with E-state index in [1.807, 2.05) is 0 Å². The minimum absolute atomic E-state index is 0.126. The summed E-state index contributed by atoms with van der Waals surface area (Å²) in [5, 5.41) is 9.83. The van der Waals surface area contributed by atoms with E-state index in [9.17, 15) is 19.5 Å². The number of rotatable bonds is 0. The Bertz CT molecular complexity index is 495. The van der Waals surface area contributed by atoms with Crippen LogP contribution >= 0.6 is 0 Å². The van der Waals surface area contributed by atoms with Crippen molar-refractivity contribution < 1.29 is 33.7 Å². The van der Waals surface area contributed by atoms with Gasteiger partial charge in [-0.05, 0) is 26.8 Å². The predicted molar refractivity (Wildman–Crippen MR) is 80.2 cm³/mol. The van der Waals surface area contributed by atoms with Crippen molar-refractivity contribution in [3.63, 3.8) is 0 Å². The van der Waals surface area contributed by atoms with Gasteiger partial charge in [0.05, 0.1) is 6.42 Å². The van der Waals surface area contributed by atoms with Crippen molar-refractivity contribution in [1.29, 1.82) is 0 Å². The molecule has 0 saturated heterocycles. The van der Waals surface area contributed by atoms with E-state index in [4.69, 9.17) is 14.2 Å². The van der Waals surface area contributed by atoms with Gasteiger partial charge in [0.2, 0.25) is 0 Å². The first kappa shape index (κ1) is 18.9. The molecule has 0 aliphatic carbocycles. The van der Waals surface area contributed by atoms with Crippen LogP contribution in [0.5, 0.6) is 0 Å². The van der Waals surface area contributed by atoms with Crippen molar-refractivity contribution in [3.05, 3.63) is 24.3 Å². The molecule has 0 aromatic rings. The van der Waals surface area contributed by atoms with Crippen molar-refractivity contribution in [1.82, 2.24) is 0 Å². The molecule has 1 N–H and O–H groups in total. The lowest BCUT2D eigenvalue weighted by molar-refractivity contribution is -0.157. The summed E-state index contributed by atoms with van der Waals surface area (Å²) in [4.78, 5) is 34.8. The second kappa shape index (κ2) is 9.09. The third-order valence-electron chi connectivity index (χ3n) is 3.04. The first-order valence-electron chi connectivity index (χ1n) is 7.41. The van der Waals surface area contributed by atoms with Crippen molar-refractivity contribution in [3.8, 4) is 0 Å². The Morgan fingerprint density at radius 2 is 1.57 bits per heavy atom. The van der Waals surface area contributed by atoms with Gasteiger partial charge >= 0.3 is 17.9 Å². The maximum absolute atomic E-state index is 11.7. The van der Waals surface area contributed by atoms with E-state index in [2.05, 4.69) is 0 Å². The molecule has 0 radical (unpaired) electrons. The van der Waals surface area contributed by atoms with Crippen LogP contribution in [-0.2, 0) is 28.6 Å². The normalized spacial score (nSPS) is 34.0. The van der Waals surface area contributed by atoms with Crippen LogP contribution in [0.3, 0.4) is 0 Å². The van der Waals surface area contributed by atoms with E-state index in [1.54, 1.807) is 13.8 Å². The summed E-state index contributed by atoms with van der Waals surface area (Å²) in [7, 11) is 0. The lowest BCUT2D eigenvalue weighted by atomic mass is 10.2. The van der Waals surface area contributed by atoms with Crippen LogP contribution < -0.4 is 0 Å². The number of aliphatic hydroxyl groups is 1. The number of hydrogen-bond donors (Lipinski definition) is 1. The van der Waals surface area contributed by atoms with Gasteiger partial charge in [-0.15, -0.1) is 0 Å². The summed E-state index contributed by atoms with van der Waals surface area (Å²) in [5.41, 5.74) is 0. The number of carbonyl (C=O) groups excluding carboxylic acids is 3. The van der Waals surface area contributed by atoms with Crippen molar-refractivity contribution in [2.24, 2.45) is 0 Å². The van der Waals surface area contributed by atoms with Gasteiger partial charge in [-0.25, -0.2) is 9.59 Å². The highest BCUT2D eigenvalue weighted by Gasteiger charge is 2.20. The minimum atomic E-state index is -1.15. The summed E-state index contributed by atoms with van der Waals surface area (Å²) in [5.74, 6) is -1.84. The van der Waals surface area contributed by atoms with E-state index in [1.165, 1.54) is 25.2 Å². The topological polar surface area (TPSA) is 99.1 Å². The van der Waals surface area contributed by atoms with Crippen LogP contribution in [0.15, 0.2) is 24.3 Å². The highest BCUT2D eigenvalue weighted by atomic mass is 16.6. The van der Waals surface area contributed by atoms with E-state index >= 15 is 0 Å². The number of aliphatic hydroxyl groups excluding tert-OH is 1. The molecule has 1 aliphatic rings. The number of carbonyl (C=O) groups is 3. The van der Waals surface area contributed by atoms with Crippen LogP contribution in [0.2, 0.25) is 0 Å². The molecule has 0 fully saturated rings. The highest BCUT2D eigenvalue weighted by Crippen LogP contribution is 2.08. The van der Waals surface area contributed by atoms with Gasteiger partial charge in [-0.2, -0.15) is 0 Å². The average Bonchev–Trinajstić information content (AvgIpc) is 2.43. The first-order chi connectivity index (χ1) is 10.8. The van der Waals surface area contributed by atoms with Crippen molar-refractivity contribution in [2.75, 3.05) is 0 Å². The molecule has 7 heteroatoms. The summed E-state index contributed by atoms with van der Waals surface area (Å²) < 4.78 is 15.1. The third kappa shape index (κ3) is 7.60. The molecular weight excluding hydrogens is 304 g/mol. The molecule has 7 nitrogen and oxygen atoms in total. The van der Waals surface area contributed by atoms with Crippen LogP contribution in [0.1, 0.15) is 33.6 Å². The Hall–Kier alpha value is -2.15. The summed E-state index contributed by atoms with van der Waals surface area (Å²) in [6.45, 7) is 4.74. The van der Waals surface area contributed by atoms with Crippen LogP contribution in [0, 0.1) is 0 Å². The van der Waals surface area contributed by atoms with Gasteiger partial charge in [0.25, 0.3) is 0 Å². The molecule has 0 aromatic carbocycles. The Morgan fingerprint density at radius 3 is 2.26 bits per heavy atom. The van der Waals surface area contributed by atoms with E-state index < -0.39 is 42.3 Å². The maximum Gasteiger partial charge on any atom is 0.330 e. The highest BCUT2D eigenvalue weighted by molar-refractivity contribution is 5.83. The fraction of sp³-hybridized carbons (Fsp3) is 0.562. The largest absolute Gasteiger partial charge is 0.459 e. The van der Waals surface area contributed by atoms with Gasteiger partial charge in [0.1, 0.15) is 24.4 Å². The molecule has 1 aliphatic heterocycles. The Balaban J connectivity index is 2.82. The molecule has 0 amide bonds. The predicted octanol–water partition coefficient (Wildman–Crippen LogP) is 1.05. The summed E-state index contributed by atoms with van der Waals surface area (Å²) in [6.07, 6.45) is 2.17. The quantitative estimate of drug-likeness (QED) is 0.524. The summed E-state index contributed by atoms with van der Waals surface area (Å²) in [6, 6.07) is 0. The van der Waals surface area contributed by atoms with E-state index in [0.29, 0.717) is 6.42 Å². The van der Waals surface area contributed by atoms with Crippen LogP contribution in [0.4, 0.5) is 0 Å². The van der Waals surface area contributed by atoms with Gasteiger partial charge in [0, 0.05) is 18.6 Å². The standard InChI is InChI=1S/C16H22O7/c1-10-5-4-6-14(18)22-11(2)9-16(20)23-12(3)13(17)7-8-15(19)21-10/h4,6-8,10-13,17H,5,9H2,1-3H3/b6-4+,8-7-/t10-,11-,12-,13+/m0/s1. The zero-order valence-electron chi connectivity index (χ0n) is 13.4. The number of esters is 3. The average molecular weight is 326 g/mol. The Morgan fingerprint density at radius 1 is 0.957 bits per heavy atom. The molecule has 0 saturated carbocycles. The molecule has 0 aromatic heterocycles. The monoisotopic (exact) mass is 326 g/mol. The molecule has 23 heavy (non-hydrogen) atoms. The Labute approximate surface area is 134 Å². The summed E-state index contributed by atoms with van der Waals surface area (Å²) >= 11 is 0. The second-order valence-electron chi connectivity index (χ2n) is 5.38. The Kier molecular flexibility index (Phi) is 7.47. The fourth-order valence-corrected chi connectivity index (χ4v) is 1.81. The zero-order chi connectivity index (χ0) is 17.4. The molecule has 1 rings (SSSR count). The molecular formula is C16H22O7. The smallest absolute Gasteiger partial charge is 0.330 e. The lowest BCUT2D eigenvalue weighted by Crippen LogP contribution is -2.29. The maximum atomic E-state index is 11.7. The molecule has 4 atom stereocenters. The SMILES string of the molecule is C[C@@H]1OC(=O)C[C@H](C)OC(=O)/C=C/C[C@H](C)OC(=O)/C=C\[C@H]1O. The minimum Gasteiger partial charge on any atom is -0.459 e. The molecule has 0 spiro atoms. The zero-order valence-corrected chi connectivity index (χ0v) is 13.4. The molecule has 1 heterocycles. The molecule has 0 unspecified atom stereocenters. The second-order valence-corrected chi connectivity index (χ2v) is 5.38. The van der Waals surface area contributed by atoms with Crippen molar-refractivity contribution in [2.45, 2.75) is 58.0 Å². The number of hydrogen-bond acceptors (Lipinski definition) is 7. The van der Waals surface area contributed by atoms with Gasteiger partial charge in [-0.1, -0.05) is 6.08 Å². The lowest BCUT2D eigenvalue weighted by Gasteiger charge is -2.18. The van der Waals surface area contributed by atoms with Gasteiger partial charge in [0.15, 0.2) is 0 Å². The molecule has 0 bridgehead atoms. The van der Waals surface area contributed by atoms with Gasteiger partial charge < -0.3 is 19.3 Å². The third-order valence-corrected chi connectivity index (χ3v) is 3.04. The van der Waals surface area contributed by atoms with Crippen LogP contribution in [-0.4, -0.2) is 47.4 Å². The molecule has 128 valence electrons. The van der Waals surface area contributed by atoms with E-state index in [0.717, 1.165) is 6.08 Å². The van der Waals surface area contributed by atoms with Crippen molar-refractivity contribution >= 4 is 17.9 Å². The fourth-order valence-electron chi connectivity index (χ4n) is 1.81. The van der Waals surface area contributed by atoms with Crippen LogP contribution in [0.25, 0.3) is 0 Å². The van der Waals surface area contributed by atoms with E-state index in [-0.39, 0.29) is 6.42 Å². The number of cyclic esters (lactones) is 3. The van der Waals surface area contributed by atoms with Gasteiger partial charge in [-0.3, -0.25) is 4.79 Å².